The van der Waals surface area contributed by atoms with E-state index >= 15 is 0 Å². The molecule has 0 saturated carbocycles. The van der Waals surface area contributed by atoms with Crippen LogP contribution in [0.2, 0.25) is 0 Å². The highest BCUT2D eigenvalue weighted by atomic mass is 79.9. The van der Waals surface area contributed by atoms with Crippen LogP contribution in [0.1, 0.15) is 24.2 Å². The minimum Gasteiger partial charge on any atom is -0.473 e. The number of benzene rings is 1. The summed E-state index contributed by atoms with van der Waals surface area (Å²) in [6, 6.07) is 8.88. The fraction of sp³-hybridized carbons (Fsp3) is 0.200. The van der Waals surface area contributed by atoms with E-state index in [1.165, 1.54) is 0 Å². The summed E-state index contributed by atoms with van der Waals surface area (Å²) in [6.07, 6.45) is 1.61. The van der Waals surface area contributed by atoms with Crippen molar-refractivity contribution in [1.29, 1.82) is 0 Å². The number of ether oxygens (including phenoxy) is 1. The highest BCUT2D eigenvalue weighted by Crippen LogP contribution is 2.26. The molecule has 0 saturated heterocycles. The molecule has 0 unspecified atom stereocenters. The second-order valence-electron chi connectivity index (χ2n) is 4.60. The molecule has 0 aliphatic carbocycles. The van der Waals surface area contributed by atoms with Crippen molar-refractivity contribution < 1.29 is 9.53 Å². The normalized spacial score (nSPS) is 10.5. The van der Waals surface area contributed by atoms with Crippen molar-refractivity contribution in [2.75, 3.05) is 5.32 Å². The maximum atomic E-state index is 12.3. The highest BCUT2D eigenvalue weighted by molar-refractivity contribution is 9.11. The van der Waals surface area contributed by atoms with Crippen LogP contribution in [0.15, 0.2) is 45.5 Å². The van der Waals surface area contributed by atoms with Crippen LogP contribution in [0.3, 0.4) is 0 Å². The summed E-state index contributed by atoms with van der Waals surface area (Å²) in [7, 11) is 0. The summed E-state index contributed by atoms with van der Waals surface area (Å²) in [5, 5.41) is 2.82. The molecule has 21 heavy (non-hydrogen) atoms. The smallest absolute Gasteiger partial charge is 0.256 e. The van der Waals surface area contributed by atoms with E-state index in [0.717, 1.165) is 4.47 Å². The molecule has 0 atom stereocenters. The lowest BCUT2D eigenvalue weighted by atomic mass is 10.2. The van der Waals surface area contributed by atoms with Crippen molar-refractivity contribution >= 4 is 43.5 Å². The Balaban J connectivity index is 2.23. The van der Waals surface area contributed by atoms with Gasteiger partial charge in [0.1, 0.15) is 5.69 Å². The molecule has 0 aliphatic rings. The second-order valence-corrected chi connectivity index (χ2v) is 6.37. The van der Waals surface area contributed by atoms with Crippen molar-refractivity contribution in [2.45, 2.75) is 20.0 Å². The Bertz CT molecular complexity index is 660. The lowest BCUT2D eigenvalue weighted by Crippen LogP contribution is -2.15. The number of amides is 1. The summed E-state index contributed by atoms with van der Waals surface area (Å²) in [5.41, 5.74) is 1.09. The molecule has 1 amide bonds. The lowest BCUT2D eigenvalue weighted by molar-refractivity contribution is 0.102. The van der Waals surface area contributed by atoms with E-state index in [4.69, 9.17) is 4.74 Å². The molecule has 1 aromatic carbocycles. The molecule has 1 N–H and O–H groups in total. The van der Waals surface area contributed by atoms with Crippen LogP contribution in [-0.4, -0.2) is 17.0 Å². The van der Waals surface area contributed by atoms with Gasteiger partial charge in [-0.3, -0.25) is 4.79 Å². The van der Waals surface area contributed by atoms with Crippen LogP contribution in [0.25, 0.3) is 0 Å². The fourth-order valence-electron chi connectivity index (χ4n) is 1.67. The topological polar surface area (TPSA) is 51.2 Å². The molecule has 6 heteroatoms. The zero-order chi connectivity index (χ0) is 15.4. The third kappa shape index (κ3) is 4.28. The Labute approximate surface area is 140 Å². The van der Waals surface area contributed by atoms with E-state index in [-0.39, 0.29) is 12.0 Å². The number of rotatable bonds is 4. The number of anilines is 1. The van der Waals surface area contributed by atoms with Crippen LogP contribution < -0.4 is 10.1 Å². The molecule has 110 valence electrons. The van der Waals surface area contributed by atoms with Gasteiger partial charge < -0.3 is 10.1 Å². The largest absolute Gasteiger partial charge is 0.473 e. The van der Waals surface area contributed by atoms with E-state index in [1.807, 2.05) is 26.0 Å². The number of carbonyl (C=O) groups is 1. The Morgan fingerprint density at radius 3 is 2.71 bits per heavy atom. The Morgan fingerprint density at radius 2 is 2.05 bits per heavy atom. The average molecular weight is 414 g/mol. The molecule has 0 radical (unpaired) electrons. The van der Waals surface area contributed by atoms with Gasteiger partial charge in [-0.25, -0.2) is 4.98 Å². The van der Waals surface area contributed by atoms with Gasteiger partial charge in [0.15, 0.2) is 0 Å². The van der Waals surface area contributed by atoms with Gasteiger partial charge in [-0.1, -0.05) is 15.9 Å². The molecule has 0 bridgehead atoms. The van der Waals surface area contributed by atoms with Crippen molar-refractivity contribution in [1.82, 2.24) is 4.98 Å². The number of carbonyl (C=O) groups excluding carboxylic acids is 1. The van der Waals surface area contributed by atoms with Crippen molar-refractivity contribution in [3.63, 3.8) is 0 Å². The SMILES string of the molecule is CC(C)Oc1ncccc1NC(=O)c1ccc(Br)cc1Br. The zero-order valence-corrected chi connectivity index (χ0v) is 14.7. The predicted molar refractivity (Wildman–Crippen MR) is 89.8 cm³/mol. The number of aromatic nitrogens is 1. The van der Waals surface area contributed by atoms with Gasteiger partial charge >= 0.3 is 0 Å². The number of nitrogens with one attached hydrogen (secondary N) is 1. The standard InChI is InChI=1S/C15H14Br2N2O2/c1-9(2)21-15-13(4-3-7-18-15)19-14(20)11-6-5-10(16)8-12(11)17/h3-9H,1-2H3,(H,19,20). The van der Waals surface area contributed by atoms with Crippen LogP contribution in [0.5, 0.6) is 5.88 Å². The molecule has 1 aromatic heterocycles. The van der Waals surface area contributed by atoms with Gasteiger partial charge in [-0.2, -0.15) is 0 Å². The quantitative estimate of drug-likeness (QED) is 0.793. The fourth-order valence-corrected chi connectivity index (χ4v) is 2.89. The van der Waals surface area contributed by atoms with Gasteiger partial charge in [0.05, 0.1) is 11.7 Å². The summed E-state index contributed by atoms with van der Waals surface area (Å²) in [5.74, 6) is 0.185. The minimum atomic E-state index is -0.226. The predicted octanol–water partition coefficient (Wildman–Crippen LogP) is 4.65. The van der Waals surface area contributed by atoms with Crippen molar-refractivity contribution in [3.8, 4) is 5.88 Å². The molecular formula is C15H14Br2N2O2. The Kier molecular flexibility index (Phi) is 5.36. The van der Waals surface area contributed by atoms with Crippen LogP contribution in [0.4, 0.5) is 5.69 Å². The van der Waals surface area contributed by atoms with Gasteiger partial charge in [-0.05, 0) is 60.1 Å². The first-order valence-corrected chi connectivity index (χ1v) is 7.94. The molecule has 0 aliphatic heterocycles. The highest BCUT2D eigenvalue weighted by Gasteiger charge is 2.14. The molecule has 0 spiro atoms. The number of hydrogen-bond donors (Lipinski definition) is 1. The molecule has 0 fully saturated rings. The minimum absolute atomic E-state index is 0.0185. The van der Waals surface area contributed by atoms with Crippen LogP contribution >= 0.6 is 31.9 Å². The maximum Gasteiger partial charge on any atom is 0.256 e. The van der Waals surface area contributed by atoms with Crippen molar-refractivity contribution in [3.05, 3.63) is 51.0 Å². The monoisotopic (exact) mass is 412 g/mol. The van der Waals surface area contributed by atoms with Gasteiger partial charge in [0.25, 0.3) is 5.91 Å². The van der Waals surface area contributed by atoms with E-state index in [2.05, 4.69) is 42.2 Å². The van der Waals surface area contributed by atoms with Gasteiger partial charge in [-0.15, -0.1) is 0 Å². The molecular weight excluding hydrogens is 400 g/mol. The van der Waals surface area contributed by atoms with E-state index in [9.17, 15) is 4.79 Å². The summed E-state index contributed by atoms with van der Waals surface area (Å²) >= 11 is 6.74. The lowest BCUT2D eigenvalue weighted by Gasteiger charge is -2.13. The summed E-state index contributed by atoms with van der Waals surface area (Å²) in [4.78, 5) is 16.5. The molecule has 2 rings (SSSR count). The summed E-state index contributed by atoms with van der Waals surface area (Å²) < 4.78 is 7.20. The third-order valence-corrected chi connectivity index (χ3v) is 3.69. The average Bonchev–Trinajstić information content (AvgIpc) is 2.40. The van der Waals surface area contributed by atoms with E-state index < -0.39 is 0 Å². The van der Waals surface area contributed by atoms with Gasteiger partial charge in [0.2, 0.25) is 5.88 Å². The summed E-state index contributed by atoms with van der Waals surface area (Å²) in [6.45, 7) is 3.82. The number of halogens is 2. The molecule has 1 heterocycles. The molecule has 4 nitrogen and oxygen atoms in total. The second kappa shape index (κ2) is 7.04. The zero-order valence-electron chi connectivity index (χ0n) is 11.6. The first kappa shape index (κ1) is 16.0. The van der Waals surface area contributed by atoms with Crippen molar-refractivity contribution in [2.24, 2.45) is 0 Å². The van der Waals surface area contributed by atoms with Crippen LogP contribution in [-0.2, 0) is 0 Å². The number of nitrogens with zero attached hydrogens (tertiary/aromatic N) is 1. The van der Waals surface area contributed by atoms with E-state index in [0.29, 0.717) is 21.6 Å². The maximum absolute atomic E-state index is 12.3. The first-order valence-electron chi connectivity index (χ1n) is 6.35. The number of pyridine rings is 1. The Hall–Kier alpha value is -1.40. The first-order chi connectivity index (χ1) is 9.97. The van der Waals surface area contributed by atoms with Crippen LogP contribution in [0, 0.1) is 0 Å². The molecule has 2 aromatic rings. The third-order valence-electron chi connectivity index (χ3n) is 2.54. The Morgan fingerprint density at radius 1 is 1.29 bits per heavy atom. The van der Waals surface area contributed by atoms with Gasteiger partial charge in [0, 0.05) is 15.1 Å². The van der Waals surface area contributed by atoms with E-state index in [1.54, 1.807) is 24.4 Å². The number of hydrogen-bond acceptors (Lipinski definition) is 3.